The minimum Gasteiger partial charge on any atom is -0.493 e. The quantitative estimate of drug-likeness (QED) is 0.518. The summed E-state index contributed by atoms with van der Waals surface area (Å²) in [5.41, 5.74) is 2.84. The summed E-state index contributed by atoms with van der Waals surface area (Å²) >= 11 is 1.59. The zero-order chi connectivity index (χ0) is 21.8. The molecule has 0 atom stereocenters. The summed E-state index contributed by atoms with van der Waals surface area (Å²) in [6, 6.07) is 12.9. The molecule has 1 aliphatic heterocycles. The molecule has 0 N–H and O–H groups in total. The Labute approximate surface area is 187 Å². The van der Waals surface area contributed by atoms with Gasteiger partial charge in [-0.25, -0.2) is 13.4 Å². The lowest BCUT2D eigenvalue weighted by atomic mass is 10.1. The van der Waals surface area contributed by atoms with E-state index in [-0.39, 0.29) is 0 Å². The number of thiazole rings is 1. The number of methoxy groups -OCH3 is 2. The molecule has 0 unspecified atom stereocenters. The predicted octanol–water partition coefficient (Wildman–Crippen LogP) is 4.59. The topological polar surface area (TPSA) is 68.7 Å². The maximum atomic E-state index is 12.8. The molecule has 3 aromatic rings. The highest BCUT2D eigenvalue weighted by Gasteiger charge is 2.25. The van der Waals surface area contributed by atoms with Crippen LogP contribution >= 0.6 is 11.3 Å². The predicted molar refractivity (Wildman–Crippen MR) is 123 cm³/mol. The molecule has 2 aromatic carbocycles. The fourth-order valence-corrected chi connectivity index (χ4v) is 6.10. The van der Waals surface area contributed by atoms with E-state index in [0.717, 1.165) is 41.1 Å². The zero-order valence-corrected chi connectivity index (χ0v) is 19.3. The van der Waals surface area contributed by atoms with Crippen molar-refractivity contribution in [1.82, 2.24) is 9.29 Å². The van der Waals surface area contributed by atoms with Crippen molar-refractivity contribution in [3.8, 4) is 22.8 Å². The fraction of sp³-hybridized carbons (Fsp3) is 0.348. The summed E-state index contributed by atoms with van der Waals surface area (Å²) in [7, 11) is -0.173. The molecule has 1 aliphatic rings. The van der Waals surface area contributed by atoms with Crippen LogP contribution in [-0.2, 0) is 16.4 Å². The highest BCUT2D eigenvalue weighted by atomic mass is 32.2. The first kappa shape index (κ1) is 21.8. The lowest BCUT2D eigenvalue weighted by Crippen LogP contribution is -2.35. The van der Waals surface area contributed by atoms with Crippen LogP contribution in [-0.4, -0.2) is 45.0 Å². The fourth-order valence-electron chi connectivity index (χ4n) is 3.74. The number of rotatable bonds is 7. The molecule has 0 amide bonds. The number of ether oxygens (including phenoxy) is 2. The van der Waals surface area contributed by atoms with Crippen molar-refractivity contribution in [2.24, 2.45) is 0 Å². The minimum atomic E-state index is -3.42. The normalized spacial score (nSPS) is 15.0. The Balaban J connectivity index is 1.49. The van der Waals surface area contributed by atoms with Gasteiger partial charge in [-0.3, -0.25) is 0 Å². The molecule has 0 saturated carbocycles. The molecule has 0 aliphatic carbocycles. The Morgan fingerprint density at radius 3 is 2.35 bits per heavy atom. The van der Waals surface area contributed by atoms with Gasteiger partial charge < -0.3 is 9.47 Å². The first-order valence-electron chi connectivity index (χ1n) is 10.3. The monoisotopic (exact) mass is 458 g/mol. The van der Waals surface area contributed by atoms with E-state index in [1.807, 2.05) is 35.7 Å². The van der Waals surface area contributed by atoms with Crippen molar-refractivity contribution in [2.45, 2.75) is 30.6 Å². The molecule has 164 valence electrons. The second-order valence-corrected chi connectivity index (χ2v) is 10.4. The van der Waals surface area contributed by atoms with Crippen molar-refractivity contribution in [3.05, 3.63) is 58.4 Å². The Morgan fingerprint density at radius 2 is 1.68 bits per heavy atom. The molecule has 1 aromatic heterocycles. The van der Waals surface area contributed by atoms with E-state index in [1.165, 1.54) is 0 Å². The average molecular weight is 459 g/mol. The highest BCUT2D eigenvalue weighted by Crippen LogP contribution is 2.30. The average Bonchev–Trinajstić information content (AvgIpc) is 3.28. The van der Waals surface area contributed by atoms with Crippen LogP contribution < -0.4 is 9.47 Å². The summed E-state index contributed by atoms with van der Waals surface area (Å²) in [4.78, 5) is 5.09. The minimum absolute atomic E-state index is 0.346. The largest absolute Gasteiger partial charge is 0.493 e. The Hall–Kier alpha value is -2.42. The molecule has 0 radical (unpaired) electrons. The lowest BCUT2D eigenvalue weighted by Gasteiger charge is -2.25. The maximum absolute atomic E-state index is 12.8. The number of sulfonamides is 1. The third-order valence-electron chi connectivity index (χ3n) is 5.46. The van der Waals surface area contributed by atoms with Gasteiger partial charge in [-0.15, -0.1) is 11.3 Å². The van der Waals surface area contributed by atoms with Crippen molar-refractivity contribution in [1.29, 1.82) is 0 Å². The number of hydrogen-bond donors (Lipinski definition) is 0. The van der Waals surface area contributed by atoms with E-state index in [2.05, 4.69) is 0 Å². The van der Waals surface area contributed by atoms with Gasteiger partial charge in [0.2, 0.25) is 10.0 Å². The molecule has 1 saturated heterocycles. The van der Waals surface area contributed by atoms with E-state index in [9.17, 15) is 8.42 Å². The Morgan fingerprint density at radius 1 is 0.968 bits per heavy atom. The van der Waals surface area contributed by atoms with Crippen molar-refractivity contribution in [3.63, 3.8) is 0 Å². The van der Waals surface area contributed by atoms with Crippen molar-refractivity contribution < 1.29 is 17.9 Å². The smallest absolute Gasteiger partial charge is 0.243 e. The third kappa shape index (κ3) is 4.76. The summed E-state index contributed by atoms with van der Waals surface area (Å²) < 4.78 is 37.9. The molecule has 1 fully saturated rings. The van der Waals surface area contributed by atoms with E-state index in [1.54, 1.807) is 42.0 Å². The zero-order valence-electron chi connectivity index (χ0n) is 17.7. The van der Waals surface area contributed by atoms with E-state index >= 15 is 0 Å². The molecule has 2 heterocycles. The first-order valence-corrected chi connectivity index (χ1v) is 12.6. The number of piperidine rings is 1. The summed E-state index contributed by atoms with van der Waals surface area (Å²) in [6.45, 7) is 1.21. The van der Waals surface area contributed by atoms with E-state index < -0.39 is 10.0 Å². The van der Waals surface area contributed by atoms with Crippen LogP contribution in [0.4, 0.5) is 0 Å². The molecule has 0 bridgehead atoms. The highest BCUT2D eigenvalue weighted by molar-refractivity contribution is 7.89. The molecular weight excluding hydrogens is 432 g/mol. The Kier molecular flexibility index (Phi) is 6.60. The lowest BCUT2D eigenvalue weighted by molar-refractivity contribution is 0.346. The molecule has 6 nitrogen and oxygen atoms in total. The second-order valence-electron chi connectivity index (χ2n) is 7.48. The summed E-state index contributed by atoms with van der Waals surface area (Å²) in [6.07, 6.45) is 3.64. The van der Waals surface area contributed by atoms with Crippen LogP contribution in [0.15, 0.2) is 52.7 Å². The van der Waals surface area contributed by atoms with Crippen LogP contribution in [0.3, 0.4) is 0 Å². The van der Waals surface area contributed by atoms with Gasteiger partial charge >= 0.3 is 0 Å². The van der Waals surface area contributed by atoms with Crippen LogP contribution in [0, 0.1) is 0 Å². The van der Waals surface area contributed by atoms with Crippen molar-refractivity contribution >= 4 is 21.4 Å². The molecule has 0 spiro atoms. The molecule has 31 heavy (non-hydrogen) atoms. The SMILES string of the molecule is COc1ccc(Cc2nc(-c3ccc(S(=O)(=O)N4CCCCC4)cc3)cs2)cc1OC. The number of benzene rings is 2. The maximum Gasteiger partial charge on any atom is 0.243 e. The Bertz CT molecular complexity index is 1130. The van der Waals surface area contributed by atoms with Gasteiger partial charge in [0, 0.05) is 30.5 Å². The summed E-state index contributed by atoms with van der Waals surface area (Å²) in [5.74, 6) is 1.40. The van der Waals surface area contributed by atoms with E-state index in [4.69, 9.17) is 14.5 Å². The van der Waals surface area contributed by atoms with Gasteiger partial charge in [-0.2, -0.15) is 4.31 Å². The summed E-state index contributed by atoms with van der Waals surface area (Å²) in [5, 5.41) is 2.98. The van der Waals surface area contributed by atoms with Crippen LogP contribution in [0.5, 0.6) is 11.5 Å². The number of aromatic nitrogens is 1. The number of nitrogens with zero attached hydrogens (tertiary/aromatic N) is 2. The van der Waals surface area contributed by atoms with Crippen molar-refractivity contribution in [2.75, 3.05) is 27.3 Å². The van der Waals surface area contributed by atoms with Gasteiger partial charge in [0.25, 0.3) is 0 Å². The molecule has 4 rings (SSSR count). The number of hydrogen-bond acceptors (Lipinski definition) is 6. The van der Waals surface area contributed by atoms with Gasteiger partial charge in [-0.1, -0.05) is 24.6 Å². The van der Waals surface area contributed by atoms with E-state index in [0.29, 0.717) is 35.9 Å². The van der Waals surface area contributed by atoms with Gasteiger partial charge in [-0.05, 0) is 42.7 Å². The van der Waals surface area contributed by atoms with Crippen LogP contribution in [0.25, 0.3) is 11.3 Å². The standard InChI is InChI=1S/C23H26N2O4S2/c1-28-21-11-6-17(14-22(21)29-2)15-23-24-20(16-30-23)18-7-9-19(10-8-18)31(26,27)25-12-4-3-5-13-25/h6-11,14,16H,3-5,12-13,15H2,1-2H3. The molecule has 8 heteroatoms. The van der Waals surface area contributed by atoms with Crippen LogP contribution in [0.1, 0.15) is 29.8 Å². The van der Waals surface area contributed by atoms with Gasteiger partial charge in [0.1, 0.15) is 0 Å². The van der Waals surface area contributed by atoms with Gasteiger partial charge in [0.05, 0.1) is 29.8 Å². The molecular formula is C23H26N2O4S2. The van der Waals surface area contributed by atoms with Crippen LogP contribution in [0.2, 0.25) is 0 Å². The van der Waals surface area contributed by atoms with Gasteiger partial charge in [0.15, 0.2) is 11.5 Å². The third-order valence-corrected chi connectivity index (χ3v) is 8.22. The first-order chi connectivity index (χ1) is 15.0. The second kappa shape index (κ2) is 9.38.